The molecule has 2 radical (unpaired) electrons. The molecule has 0 amide bonds. The number of rotatable bonds is 6. The van der Waals surface area contributed by atoms with Crippen LogP contribution in [0.3, 0.4) is 0 Å². The van der Waals surface area contributed by atoms with Crippen molar-refractivity contribution < 1.29 is 18.7 Å². The lowest BCUT2D eigenvalue weighted by atomic mass is 9.97. The summed E-state index contributed by atoms with van der Waals surface area (Å²) < 4.78 is 22.2. The Kier molecular flexibility index (Phi) is 5.54. The van der Waals surface area contributed by atoms with Crippen molar-refractivity contribution in [1.29, 1.82) is 0 Å². The van der Waals surface area contributed by atoms with Gasteiger partial charge in [0, 0.05) is 11.8 Å². The summed E-state index contributed by atoms with van der Waals surface area (Å²) in [6.07, 6.45) is 1.36. The van der Waals surface area contributed by atoms with Gasteiger partial charge in [-0.15, -0.1) is 0 Å². The van der Waals surface area contributed by atoms with Gasteiger partial charge >= 0.3 is 6.80 Å². The topological polar surface area (TPSA) is 55.8 Å². The van der Waals surface area contributed by atoms with Gasteiger partial charge in [0.25, 0.3) is 0 Å². The molecule has 19 heavy (non-hydrogen) atoms. The molecule has 3 atom stereocenters. The van der Waals surface area contributed by atoms with Crippen molar-refractivity contribution in [3.8, 4) is 0 Å². The van der Waals surface area contributed by atoms with Gasteiger partial charge in [-0.05, 0) is 29.8 Å². The number of benzene rings is 1. The summed E-state index contributed by atoms with van der Waals surface area (Å²) in [5.41, 5.74) is 0.990. The van der Waals surface area contributed by atoms with E-state index >= 15 is 0 Å². The van der Waals surface area contributed by atoms with E-state index in [9.17, 15) is 9.46 Å². The lowest BCUT2D eigenvalue weighted by molar-refractivity contribution is 0.0493. The third-order valence-electron chi connectivity index (χ3n) is 2.80. The molecule has 0 aromatic heterocycles. The minimum Gasteiger partial charge on any atom is -0.382 e. The Hall–Kier alpha value is -0.255. The average Bonchev–Trinajstić information content (AvgIpc) is 2.82. The van der Waals surface area contributed by atoms with Crippen molar-refractivity contribution >= 4 is 26.0 Å². The lowest BCUT2D eigenvalue weighted by Gasteiger charge is -2.15. The van der Waals surface area contributed by atoms with E-state index in [4.69, 9.17) is 17.1 Å². The van der Waals surface area contributed by atoms with Crippen LogP contribution in [0.5, 0.6) is 0 Å². The van der Waals surface area contributed by atoms with Crippen LogP contribution in [0.2, 0.25) is 0 Å². The van der Waals surface area contributed by atoms with Gasteiger partial charge in [-0.2, -0.15) is 0 Å². The zero-order valence-corrected chi connectivity index (χ0v) is 12.2. The molecule has 0 bridgehead atoms. The smallest absolute Gasteiger partial charge is 0.382 e. The SMILES string of the molecule is [B][C@H]1CC[C@@H](COP(=O)(O)SCc2ccccc2)O1. The predicted octanol–water partition coefficient (Wildman–Crippen LogP) is 2.71. The first-order chi connectivity index (χ1) is 9.05. The fourth-order valence-electron chi connectivity index (χ4n) is 1.80. The summed E-state index contributed by atoms with van der Waals surface area (Å²) in [6, 6.07) is 9.24. The van der Waals surface area contributed by atoms with E-state index in [0.717, 1.165) is 29.8 Å². The summed E-state index contributed by atoms with van der Waals surface area (Å²) in [7, 11) is 5.58. The maximum absolute atomic E-state index is 11.8. The van der Waals surface area contributed by atoms with Crippen LogP contribution >= 0.6 is 18.2 Å². The Morgan fingerprint density at radius 2 is 2.16 bits per heavy atom. The Morgan fingerprint density at radius 3 is 2.79 bits per heavy atom. The molecule has 1 saturated heterocycles. The molecule has 1 fully saturated rings. The van der Waals surface area contributed by atoms with Gasteiger partial charge < -0.3 is 9.63 Å². The zero-order chi connectivity index (χ0) is 13.7. The molecule has 0 saturated carbocycles. The fourth-order valence-corrected chi connectivity index (χ4v) is 4.08. The summed E-state index contributed by atoms with van der Waals surface area (Å²) in [6.45, 7) is -3.52. The molecule has 4 nitrogen and oxygen atoms in total. The Balaban J connectivity index is 1.74. The molecule has 2 rings (SSSR count). The molecule has 1 unspecified atom stereocenters. The van der Waals surface area contributed by atoms with E-state index in [1.54, 1.807) is 0 Å². The van der Waals surface area contributed by atoms with Gasteiger partial charge in [0.2, 0.25) is 0 Å². The first kappa shape index (κ1) is 15.1. The molecule has 0 aliphatic carbocycles. The average molecular weight is 298 g/mol. The van der Waals surface area contributed by atoms with Crippen LogP contribution < -0.4 is 0 Å². The van der Waals surface area contributed by atoms with Crippen LogP contribution in [0.4, 0.5) is 0 Å². The van der Waals surface area contributed by atoms with Crippen molar-refractivity contribution in [2.75, 3.05) is 6.61 Å². The van der Waals surface area contributed by atoms with Crippen LogP contribution in [0.1, 0.15) is 18.4 Å². The minimum atomic E-state index is -3.63. The van der Waals surface area contributed by atoms with Gasteiger partial charge in [-0.25, -0.2) is 4.57 Å². The normalized spacial score (nSPS) is 26.2. The molecule has 1 heterocycles. The molecule has 102 valence electrons. The van der Waals surface area contributed by atoms with Crippen LogP contribution in [0, 0.1) is 0 Å². The number of hydrogen-bond donors (Lipinski definition) is 1. The van der Waals surface area contributed by atoms with Gasteiger partial charge in [-0.1, -0.05) is 30.3 Å². The summed E-state index contributed by atoms with van der Waals surface area (Å²) in [5, 5.41) is 0. The highest BCUT2D eigenvalue weighted by Gasteiger charge is 2.26. The second-order valence-electron chi connectivity index (χ2n) is 4.40. The van der Waals surface area contributed by atoms with Gasteiger partial charge in [-0.3, -0.25) is 4.52 Å². The third kappa shape index (κ3) is 5.32. The van der Waals surface area contributed by atoms with E-state index in [0.29, 0.717) is 5.75 Å². The molecule has 1 aliphatic heterocycles. The predicted molar refractivity (Wildman–Crippen MR) is 77.2 cm³/mol. The fraction of sp³-hybridized carbons (Fsp3) is 0.500. The quantitative estimate of drug-likeness (QED) is 0.646. The second-order valence-corrected chi connectivity index (χ2v) is 8.30. The molecule has 0 spiro atoms. The lowest BCUT2D eigenvalue weighted by Crippen LogP contribution is -2.15. The second kappa shape index (κ2) is 6.96. The molecular formula is C12H16BO4PS. The van der Waals surface area contributed by atoms with Crippen LogP contribution in [0.15, 0.2) is 30.3 Å². The third-order valence-corrected chi connectivity index (χ3v) is 5.75. The number of hydrogen-bond acceptors (Lipinski definition) is 4. The molecule has 1 N–H and O–H groups in total. The number of ether oxygens (including phenoxy) is 1. The van der Waals surface area contributed by atoms with E-state index in [2.05, 4.69) is 0 Å². The molecule has 7 heteroatoms. The molecule has 1 aromatic rings. The first-order valence-corrected chi connectivity index (χ1v) is 9.29. The molecule has 1 aromatic carbocycles. The maximum Gasteiger partial charge on any atom is 0.386 e. The highest BCUT2D eigenvalue weighted by Crippen LogP contribution is 2.57. The Labute approximate surface area is 118 Å². The summed E-state index contributed by atoms with van der Waals surface area (Å²) in [5.74, 6) is 0.444. The van der Waals surface area contributed by atoms with Crippen molar-refractivity contribution in [2.24, 2.45) is 0 Å². The summed E-state index contributed by atoms with van der Waals surface area (Å²) >= 11 is 0.918. The van der Waals surface area contributed by atoms with Gasteiger partial charge in [0.1, 0.15) is 7.85 Å². The van der Waals surface area contributed by atoms with Crippen LogP contribution in [0.25, 0.3) is 0 Å². The van der Waals surface area contributed by atoms with E-state index in [1.165, 1.54) is 0 Å². The Bertz CT molecular complexity index is 445. The van der Waals surface area contributed by atoms with Crippen LogP contribution in [-0.2, 0) is 19.6 Å². The van der Waals surface area contributed by atoms with Crippen molar-refractivity contribution in [2.45, 2.75) is 30.7 Å². The van der Waals surface area contributed by atoms with Gasteiger partial charge in [0.15, 0.2) is 0 Å². The highest BCUT2D eigenvalue weighted by molar-refractivity contribution is 8.54. The van der Waals surface area contributed by atoms with Crippen molar-refractivity contribution in [1.82, 2.24) is 0 Å². The first-order valence-electron chi connectivity index (χ1n) is 6.12. The maximum atomic E-state index is 11.8. The standard InChI is InChI=1S/C12H16BO4PS/c13-12-7-6-11(17-12)8-16-18(14,15)19-9-10-4-2-1-3-5-10/h1-5,11-12H,6-9H2,(H,14,15)/t11-,12+/m0/s1. The zero-order valence-electron chi connectivity index (χ0n) is 10.5. The molecular weight excluding hydrogens is 282 g/mol. The summed E-state index contributed by atoms with van der Waals surface area (Å²) in [4.78, 5) is 9.71. The minimum absolute atomic E-state index is 0.114. The van der Waals surface area contributed by atoms with E-state index < -0.39 is 6.80 Å². The largest absolute Gasteiger partial charge is 0.386 e. The van der Waals surface area contributed by atoms with E-state index in [-0.39, 0.29) is 18.7 Å². The van der Waals surface area contributed by atoms with Gasteiger partial charge in [0.05, 0.1) is 12.7 Å². The van der Waals surface area contributed by atoms with Crippen molar-refractivity contribution in [3.63, 3.8) is 0 Å². The van der Waals surface area contributed by atoms with Crippen LogP contribution in [-0.4, -0.2) is 31.5 Å². The molecule has 1 aliphatic rings. The Morgan fingerprint density at radius 1 is 1.42 bits per heavy atom. The van der Waals surface area contributed by atoms with E-state index in [1.807, 2.05) is 30.3 Å². The van der Waals surface area contributed by atoms with Crippen molar-refractivity contribution in [3.05, 3.63) is 35.9 Å². The highest BCUT2D eigenvalue weighted by atomic mass is 32.7. The monoisotopic (exact) mass is 298 g/mol.